The molecule has 1 saturated carbocycles. The second-order valence-electron chi connectivity index (χ2n) is 11.2. The molecule has 35 heavy (non-hydrogen) atoms. The van der Waals surface area contributed by atoms with Crippen LogP contribution in [0.2, 0.25) is 0 Å². The van der Waals surface area contributed by atoms with Gasteiger partial charge in [0, 0.05) is 16.0 Å². The number of aliphatic hydroxyl groups excluding tert-OH is 1. The highest BCUT2D eigenvalue weighted by atomic mass is 16.7. The first kappa shape index (κ1) is 25.5. The van der Waals surface area contributed by atoms with Crippen LogP contribution in [0.25, 0.3) is 0 Å². The fourth-order valence-electron chi connectivity index (χ4n) is 6.38. The molecule has 1 aliphatic carbocycles. The second-order valence-corrected chi connectivity index (χ2v) is 11.2. The number of nitro groups is 1. The predicted molar refractivity (Wildman–Crippen MR) is 133 cm³/mol. The Labute approximate surface area is 207 Å². The summed E-state index contributed by atoms with van der Waals surface area (Å²) in [5.41, 5.74) is 0.721. The van der Waals surface area contributed by atoms with Crippen LogP contribution in [0.3, 0.4) is 0 Å². The first-order valence-corrected chi connectivity index (χ1v) is 12.4. The van der Waals surface area contributed by atoms with Crippen molar-refractivity contribution < 1.29 is 19.7 Å². The van der Waals surface area contributed by atoms with E-state index in [0.717, 1.165) is 24.8 Å². The third-order valence-corrected chi connectivity index (χ3v) is 7.91. The molecule has 1 saturated heterocycles. The van der Waals surface area contributed by atoms with Gasteiger partial charge >= 0.3 is 0 Å². The maximum Gasteiger partial charge on any atom is 0.230 e. The molecular formula is C28H36N2O5. The summed E-state index contributed by atoms with van der Waals surface area (Å²) in [6.45, 7) is 8.37. The number of benzene rings is 2. The summed E-state index contributed by atoms with van der Waals surface area (Å²) < 4.78 is 0. The van der Waals surface area contributed by atoms with Gasteiger partial charge in [-0.15, -0.1) is 0 Å². The number of rotatable bonds is 6. The summed E-state index contributed by atoms with van der Waals surface area (Å²) in [5, 5.41) is 26.3. The van der Waals surface area contributed by atoms with Gasteiger partial charge in [0.05, 0.1) is 23.9 Å². The van der Waals surface area contributed by atoms with Crippen LogP contribution in [0.5, 0.6) is 0 Å². The third kappa shape index (κ3) is 4.77. The second kappa shape index (κ2) is 9.80. The van der Waals surface area contributed by atoms with Crippen molar-refractivity contribution in [2.45, 2.75) is 88.1 Å². The van der Waals surface area contributed by atoms with Gasteiger partial charge in [0.2, 0.25) is 6.04 Å². The number of nitrogens with zero attached hydrogens (tertiary/aromatic N) is 2. The summed E-state index contributed by atoms with van der Waals surface area (Å²) in [6.07, 6.45) is 1.34. The molecule has 2 aromatic carbocycles. The molecule has 1 aliphatic heterocycles. The van der Waals surface area contributed by atoms with E-state index in [1.54, 1.807) is 24.3 Å². The van der Waals surface area contributed by atoms with Gasteiger partial charge in [0.25, 0.3) is 0 Å². The summed E-state index contributed by atoms with van der Waals surface area (Å²) in [5.74, 6) is -2.52. The molecule has 0 bridgehead atoms. The predicted octanol–water partition coefficient (Wildman–Crippen LogP) is 4.73. The van der Waals surface area contributed by atoms with Gasteiger partial charge in [-0.3, -0.25) is 15.0 Å². The maximum atomic E-state index is 12.7. The Bertz CT molecular complexity index is 1010. The fourth-order valence-corrected chi connectivity index (χ4v) is 6.38. The van der Waals surface area contributed by atoms with Crippen LogP contribution in [0.15, 0.2) is 60.7 Å². The van der Waals surface area contributed by atoms with Gasteiger partial charge in [-0.1, -0.05) is 60.7 Å². The van der Waals surface area contributed by atoms with E-state index in [2.05, 4.69) is 27.7 Å². The summed E-state index contributed by atoms with van der Waals surface area (Å²) in [7, 11) is 0. The Morgan fingerprint density at radius 3 is 1.89 bits per heavy atom. The Morgan fingerprint density at radius 1 is 0.943 bits per heavy atom. The van der Waals surface area contributed by atoms with E-state index in [-0.39, 0.29) is 16.0 Å². The van der Waals surface area contributed by atoms with E-state index in [4.69, 9.17) is 4.84 Å². The van der Waals surface area contributed by atoms with E-state index in [0.29, 0.717) is 11.8 Å². The van der Waals surface area contributed by atoms with E-state index >= 15 is 0 Å². The fraction of sp³-hybridized carbons (Fsp3) is 0.536. The Balaban J connectivity index is 1.86. The minimum absolute atomic E-state index is 0.291. The van der Waals surface area contributed by atoms with Crippen molar-refractivity contribution in [3.8, 4) is 0 Å². The zero-order chi connectivity index (χ0) is 25.4. The molecule has 1 heterocycles. The zero-order valence-corrected chi connectivity index (χ0v) is 20.9. The molecule has 188 valence electrons. The first-order valence-electron chi connectivity index (χ1n) is 12.4. The molecule has 2 aliphatic rings. The lowest BCUT2D eigenvalue weighted by atomic mass is 9.63. The van der Waals surface area contributed by atoms with Crippen LogP contribution in [0, 0.1) is 16.0 Å². The Hall–Kier alpha value is -2.61. The normalized spacial score (nSPS) is 32.6. The molecule has 0 spiro atoms. The highest BCUT2D eigenvalue weighted by Crippen LogP contribution is 2.49. The summed E-state index contributed by atoms with van der Waals surface area (Å²) in [6, 6.07) is 17.1. The van der Waals surface area contributed by atoms with Crippen LogP contribution >= 0.6 is 0 Å². The van der Waals surface area contributed by atoms with Crippen molar-refractivity contribution in [3.63, 3.8) is 0 Å². The van der Waals surface area contributed by atoms with Crippen LogP contribution in [0.1, 0.15) is 69.9 Å². The van der Waals surface area contributed by atoms with Gasteiger partial charge in [0.15, 0.2) is 0 Å². The molecule has 1 N–H and O–H groups in total. The lowest BCUT2D eigenvalue weighted by molar-refractivity contribution is -0.542. The quantitative estimate of drug-likeness (QED) is 0.365. The largest absolute Gasteiger partial charge is 0.390 e. The average Bonchev–Trinajstić information content (AvgIpc) is 2.82. The van der Waals surface area contributed by atoms with Gasteiger partial charge in [-0.25, -0.2) is 0 Å². The molecule has 2 fully saturated rings. The van der Waals surface area contributed by atoms with Crippen molar-refractivity contribution in [1.82, 2.24) is 5.06 Å². The van der Waals surface area contributed by atoms with Crippen molar-refractivity contribution in [2.75, 3.05) is 0 Å². The number of aliphatic hydroxyl groups is 1. The molecular weight excluding hydrogens is 444 g/mol. The van der Waals surface area contributed by atoms with Crippen molar-refractivity contribution >= 4 is 6.29 Å². The van der Waals surface area contributed by atoms with E-state index < -0.39 is 36.0 Å². The van der Waals surface area contributed by atoms with Gasteiger partial charge < -0.3 is 9.90 Å². The monoisotopic (exact) mass is 480 g/mol. The van der Waals surface area contributed by atoms with Crippen LogP contribution in [-0.4, -0.2) is 50.7 Å². The number of hydrogen-bond acceptors (Lipinski definition) is 6. The number of piperidine rings is 1. The highest BCUT2D eigenvalue weighted by Gasteiger charge is 2.59. The van der Waals surface area contributed by atoms with Crippen molar-refractivity contribution in [1.29, 1.82) is 0 Å². The molecule has 7 heteroatoms. The number of aldehydes is 1. The van der Waals surface area contributed by atoms with Crippen LogP contribution < -0.4 is 0 Å². The zero-order valence-electron chi connectivity index (χ0n) is 20.9. The molecule has 4 rings (SSSR count). The highest BCUT2D eigenvalue weighted by molar-refractivity contribution is 5.59. The molecule has 0 radical (unpaired) electrons. The third-order valence-electron chi connectivity index (χ3n) is 7.91. The molecule has 0 unspecified atom stereocenters. The molecule has 0 aromatic heterocycles. The van der Waals surface area contributed by atoms with Gasteiger partial charge in [0.1, 0.15) is 12.4 Å². The molecule has 7 nitrogen and oxygen atoms in total. The smallest absolute Gasteiger partial charge is 0.230 e. The molecule has 2 aromatic rings. The maximum absolute atomic E-state index is 12.7. The van der Waals surface area contributed by atoms with Gasteiger partial charge in [-0.2, -0.15) is 5.06 Å². The molecule has 6 atom stereocenters. The first-order chi connectivity index (χ1) is 16.6. The van der Waals surface area contributed by atoms with E-state index in [1.165, 1.54) is 0 Å². The van der Waals surface area contributed by atoms with Crippen molar-refractivity contribution in [2.24, 2.45) is 5.92 Å². The number of carbonyl (C=O) groups is 1. The number of carbonyl (C=O) groups excluding carboxylic acids is 1. The van der Waals surface area contributed by atoms with Crippen LogP contribution in [-0.2, 0) is 9.63 Å². The van der Waals surface area contributed by atoms with E-state index in [9.17, 15) is 20.0 Å². The van der Waals surface area contributed by atoms with Crippen molar-refractivity contribution in [3.05, 3.63) is 81.9 Å². The number of hydrogen-bond donors (Lipinski definition) is 1. The lowest BCUT2D eigenvalue weighted by Gasteiger charge is -2.55. The minimum atomic E-state index is -1.22. The summed E-state index contributed by atoms with van der Waals surface area (Å²) >= 11 is 0. The SMILES string of the molecule is CC1(C)CCCC(C)(C)N1O[C@@H]1[C@@H](O)[C@H](C=O)[C@@H](c2ccccc2)[C@H]([N+](=O)[O-])[C@@H]1c1ccccc1. The topological polar surface area (TPSA) is 92.9 Å². The van der Waals surface area contributed by atoms with E-state index in [1.807, 2.05) is 41.5 Å². The van der Waals surface area contributed by atoms with Gasteiger partial charge in [-0.05, 0) is 58.1 Å². The Kier molecular flexibility index (Phi) is 7.13. The summed E-state index contributed by atoms with van der Waals surface area (Å²) in [4.78, 5) is 31.5. The average molecular weight is 481 g/mol. The molecule has 0 amide bonds. The van der Waals surface area contributed by atoms with Crippen LogP contribution in [0.4, 0.5) is 0 Å². The lowest BCUT2D eigenvalue weighted by Crippen LogP contribution is -2.64. The standard InChI is InChI=1S/C28H36N2O5/c1-27(2)16-11-17-28(3,4)30(27)35-26-23(20-14-9-6-10-15-20)24(29(33)34)22(21(18-31)25(26)32)19-12-7-5-8-13-19/h5-10,12-15,18,21-26,32H,11,16-17H2,1-4H3/t21-,22-,23+,24+,25+,26+/m1/s1. The Morgan fingerprint density at radius 2 is 1.43 bits per heavy atom. The minimum Gasteiger partial charge on any atom is -0.390 e. The number of hydroxylamine groups is 2.